The van der Waals surface area contributed by atoms with E-state index in [1.807, 2.05) is 12.1 Å². The highest BCUT2D eigenvalue weighted by Gasteiger charge is 2.05. The molecule has 0 amide bonds. The van der Waals surface area contributed by atoms with E-state index in [0.29, 0.717) is 0 Å². The zero-order chi connectivity index (χ0) is 9.42. The van der Waals surface area contributed by atoms with E-state index in [-0.39, 0.29) is 0 Å². The van der Waals surface area contributed by atoms with Crippen LogP contribution in [0.1, 0.15) is 16.7 Å². The molecule has 0 saturated heterocycles. The van der Waals surface area contributed by atoms with E-state index < -0.39 is 0 Å². The molecule has 0 atom stereocenters. The van der Waals surface area contributed by atoms with Gasteiger partial charge in [0.05, 0.1) is 5.56 Å². The van der Waals surface area contributed by atoms with E-state index in [2.05, 4.69) is 24.9 Å². The van der Waals surface area contributed by atoms with Crippen LogP contribution >= 0.6 is 0 Å². The van der Waals surface area contributed by atoms with Gasteiger partial charge in [-0.05, 0) is 25.0 Å². The van der Waals surface area contributed by atoms with E-state index in [0.717, 1.165) is 16.5 Å². The molecule has 0 saturated carbocycles. The van der Waals surface area contributed by atoms with Crippen LogP contribution in [0.4, 0.5) is 0 Å². The van der Waals surface area contributed by atoms with Crippen LogP contribution in [0.2, 0.25) is 0 Å². The first kappa shape index (κ1) is 7.88. The Balaban J connectivity index is 2.91. The second-order valence-electron chi connectivity index (χ2n) is 3.24. The van der Waals surface area contributed by atoms with Crippen LogP contribution in [0.25, 0.3) is 10.9 Å². The van der Waals surface area contributed by atoms with Gasteiger partial charge in [-0.3, -0.25) is 0 Å². The molecule has 2 nitrogen and oxygen atoms in total. The summed E-state index contributed by atoms with van der Waals surface area (Å²) in [5.41, 5.74) is 4.27. The smallest absolute Gasteiger partial charge is 0.101 e. The lowest BCUT2D eigenvalue weighted by molar-refractivity contribution is 1.34. The molecule has 0 bridgehead atoms. The number of nitrogens with zero attached hydrogens (tertiary/aromatic N) is 1. The molecule has 0 aliphatic heterocycles. The number of benzene rings is 1. The number of aromatic nitrogens is 1. The minimum Gasteiger partial charge on any atom is -0.360 e. The molecule has 0 radical (unpaired) electrons. The lowest BCUT2D eigenvalue weighted by atomic mass is 10.1. The van der Waals surface area contributed by atoms with Crippen molar-refractivity contribution in [3.05, 3.63) is 35.0 Å². The van der Waals surface area contributed by atoms with Crippen molar-refractivity contribution in [2.24, 2.45) is 0 Å². The van der Waals surface area contributed by atoms with Gasteiger partial charge in [0, 0.05) is 17.1 Å². The van der Waals surface area contributed by atoms with E-state index in [1.165, 1.54) is 11.1 Å². The molecule has 64 valence electrons. The molecule has 13 heavy (non-hydrogen) atoms. The van der Waals surface area contributed by atoms with Crippen LogP contribution in [0.15, 0.2) is 18.3 Å². The Kier molecular flexibility index (Phi) is 1.60. The number of aryl methyl sites for hydroxylation is 2. The first-order valence-corrected chi connectivity index (χ1v) is 4.21. The molecule has 0 aliphatic rings. The van der Waals surface area contributed by atoms with Crippen molar-refractivity contribution in [3.63, 3.8) is 0 Å². The molecule has 1 N–H and O–H groups in total. The number of nitrogens with one attached hydrogen (secondary N) is 1. The van der Waals surface area contributed by atoms with Crippen molar-refractivity contribution in [1.29, 1.82) is 5.26 Å². The maximum Gasteiger partial charge on any atom is 0.101 e. The number of nitriles is 1. The molecule has 1 aromatic carbocycles. The summed E-state index contributed by atoms with van der Waals surface area (Å²) in [5, 5.41) is 9.83. The monoisotopic (exact) mass is 170 g/mol. The van der Waals surface area contributed by atoms with Gasteiger partial charge >= 0.3 is 0 Å². The SMILES string of the molecule is Cc1ccc2c(C#N)c[nH]c2c1C. The molecule has 2 aromatic rings. The van der Waals surface area contributed by atoms with Crippen LogP contribution in [0, 0.1) is 25.2 Å². The van der Waals surface area contributed by atoms with Gasteiger partial charge < -0.3 is 4.98 Å². The summed E-state index contributed by atoms with van der Waals surface area (Å²) >= 11 is 0. The van der Waals surface area contributed by atoms with Crippen molar-refractivity contribution in [2.75, 3.05) is 0 Å². The summed E-state index contributed by atoms with van der Waals surface area (Å²) < 4.78 is 0. The van der Waals surface area contributed by atoms with Crippen LogP contribution < -0.4 is 0 Å². The Bertz CT molecular complexity index is 501. The van der Waals surface area contributed by atoms with Gasteiger partial charge in [-0.15, -0.1) is 0 Å². The van der Waals surface area contributed by atoms with Gasteiger partial charge in [-0.25, -0.2) is 0 Å². The third kappa shape index (κ3) is 1.01. The van der Waals surface area contributed by atoms with Crippen molar-refractivity contribution < 1.29 is 0 Å². The molecule has 0 unspecified atom stereocenters. The predicted molar refractivity (Wildman–Crippen MR) is 52.5 cm³/mol. The van der Waals surface area contributed by atoms with Gasteiger partial charge in [0.15, 0.2) is 0 Å². The summed E-state index contributed by atoms with van der Waals surface area (Å²) in [5.74, 6) is 0. The molecule has 0 aliphatic carbocycles. The van der Waals surface area contributed by atoms with E-state index >= 15 is 0 Å². The van der Waals surface area contributed by atoms with Crippen LogP contribution in [0.5, 0.6) is 0 Å². The normalized spacial score (nSPS) is 10.2. The van der Waals surface area contributed by atoms with E-state index in [4.69, 9.17) is 5.26 Å². The van der Waals surface area contributed by atoms with Crippen LogP contribution in [-0.4, -0.2) is 4.98 Å². The predicted octanol–water partition coefficient (Wildman–Crippen LogP) is 2.66. The maximum atomic E-state index is 8.81. The zero-order valence-corrected chi connectivity index (χ0v) is 7.68. The summed E-state index contributed by atoms with van der Waals surface area (Å²) in [6.07, 6.45) is 1.76. The fraction of sp³-hybridized carbons (Fsp3) is 0.182. The van der Waals surface area contributed by atoms with Crippen molar-refractivity contribution in [1.82, 2.24) is 4.98 Å². The Morgan fingerprint density at radius 1 is 1.31 bits per heavy atom. The number of aromatic amines is 1. The summed E-state index contributed by atoms with van der Waals surface area (Å²) in [4.78, 5) is 3.13. The highest BCUT2D eigenvalue weighted by atomic mass is 14.7. The van der Waals surface area contributed by atoms with Gasteiger partial charge in [-0.1, -0.05) is 12.1 Å². The molecule has 0 spiro atoms. The largest absolute Gasteiger partial charge is 0.360 e. The molecule has 0 fully saturated rings. The molecule has 2 rings (SSSR count). The fourth-order valence-electron chi connectivity index (χ4n) is 1.54. The third-order valence-electron chi connectivity index (χ3n) is 2.51. The minimum atomic E-state index is 0.720. The Morgan fingerprint density at radius 3 is 2.77 bits per heavy atom. The molecular weight excluding hydrogens is 160 g/mol. The quantitative estimate of drug-likeness (QED) is 0.648. The second kappa shape index (κ2) is 2.63. The molecule has 1 aromatic heterocycles. The minimum absolute atomic E-state index is 0.720. The Labute approximate surface area is 76.8 Å². The first-order valence-electron chi connectivity index (χ1n) is 4.21. The Morgan fingerprint density at radius 2 is 2.08 bits per heavy atom. The molecule has 1 heterocycles. The van der Waals surface area contributed by atoms with E-state index in [9.17, 15) is 0 Å². The topological polar surface area (TPSA) is 39.6 Å². The Hall–Kier alpha value is -1.75. The average Bonchev–Trinajstić information content (AvgIpc) is 2.55. The van der Waals surface area contributed by atoms with E-state index in [1.54, 1.807) is 6.20 Å². The maximum absolute atomic E-state index is 8.81. The first-order chi connectivity index (χ1) is 6.24. The number of hydrogen-bond donors (Lipinski definition) is 1. The lowest BCUT2D eigenvalue weighted by Gasteiger charge is -2.00. The summed E-state index contributed by atoms with van der Waals surface area (Å²) in [7, 11) is 0. The van der Waals surface area contributed by atoms with Crippen molar-refractivity contribution in [2.45, 2.75) is 13.8 Å². The van der Waals surface area contributed by atoms with Gasteiger partial charge in [0.2, 0.25) is 0 Å². The van der Waals surface area contributed by atoms with Gasteiger partial charge in [-0.2, -0.15) is 5.26 Å². The summed E-state index contributed by atoms with van der Waals surface area (Å²) in [6.45, 7) is 4.14. The third-order valence-corrected chi connectivity index (χ3v) is 2.51. The standard InChI is InChI=1S/C11H10N2/c1-7-3-4-10-9(5-12)6-13-11(10)8(7)2/h3-4,6,13H,1-2H3. The van der Waals surface area contributed by atoms with Crippen molar-refractivity contribution in [3.8, 4) is 6.07 Å². The van der Waals surface area contributed by atoms with Gasteiger partial charge in [0.1, 0.15) is 6.07 Å². The average molecular weight is 170 g/mol. The van der Waals surface area contributed by atoms with Crippen molar-refractivity contribution >= 4 is 10.9 Å². The van der Waals surface area contributed by atoms with Gasteiger partial charge in [0.25, 0.3) is 0 Å². The summed E-state index contributed by atoms with van der Waals surface area (Å²) in [6, 6.07) is 6.21. The number of fused-ring (bicyclic) bond motifs is 1. The fourth-order valence-corrected chi connectivity index (χ4v) is 1.54. The van der Waals surface area contributed by atoms with Crippen LogP contribution in [-0.2, 0) is 0 Å². The highest BCUT2D eigenvalue weighted by Crippen LogP contribution is 2.22. The van der Waals surface area contributed by atoms with Crippen LogP contribution in [0.3, 0.4) is 0 Å². The second-order valence-corrected chi connectivity index (χ2v) is 3.24. The lowest BCUT2D eigenvalue weighted by Crippen LogP contribution is -1.81. The molecule has 2 heteroatoms. The number of hydrogen-bond acceptors (Lipinski definition) is 1. The number of rotatable bonds is 0. The zero-order valence-electron chi connectivity index (χ0n) is 7.68. The highest BCUT2D eigenvalue weighted by molar-refractivity contribution is 5.88. The number of H-pyrrole nitrogens is 1. The molecular formula is C11H10N2.